The number of nitrogens with zero attached hydrogens (tertiary/aromatic N) is 2. The number of aromatic nitrogens is 2. The summed E-state index contributed by atoms with van der Waals surface area (Å²) in [4.78, 5) is 12.5. The van der Waals surface area contributed by atoms with Crippen molar-refractivity contribution in [2.45, 2.75) is 13.5 Å². The lowest BCUT2D eigenvalue weighted by molar-refractivity contribution is 0.102. The third-order valence-electron chi connectivity index (χ3n) is 3.82. The van der Waals surface area contributed by atoms with Gasteiger partial charge in [-0.3, -0.25) is 9.48 Å². The van der Waals surface area contributed by atoms with Crippen molar-refractivity contribution in [2.24, 2.45) is 0 Å². The fourth-order valence-electron chi connectivity index (χ4n) is 2.55. The highest BCUT2D eigenvalue weighted by Gasteiger charge is 2.13. The number of methoxy groups -OCH3 is 1. The van der Waals surface area contributed by atoms with Gasteiger partial charge < -0.3 is 10.1 Å². The van der Waals surface area contributed by atoms with Crippen molar-refractivity contribution in [1.82, 2.24) is 9.78 Å². The number of rotatable bonds is 5. The molecule has 3 aromatic rings. The molecular formula is C19H19N3O2. The van der Waals surface area contributed by atoms with Crippen molar-refractivity contribution in [2.75, 3.05) is 12.4 Å². The maximum absolute atomic E-state index is 12.5. The molecule has 0 aliphatic carbocycles. The maximum atomic E-state index is 12.5. The van der Waals surface area contributed by atoms with Crippen LogP contribution in [0.4, 0.5) is 5.82 Å². The lowest BCUT2D eigenvalue weighted by Crippen LogP contribution is -2.14. The van der Waals surface area contributed by atoms with Gasteiger partial charge in [-0.25, -0.2) is 0 Å². The smallest absolute Gasteiger partial charge is 0.257 e. The molecule has 1 heterocycles. The second kappa shape index (κ2) is 7.00. The second-order valence-corrected chi connectivity index (χ2v) is 5.47. The van der Waals surface area contributed by atoms with E-state index >= 15 is 0 Å². The van der Waals surface area contributed by atoms with Gasteiger partial charge in [-0.15, -0.1) is 0 Å². The van der Waals surface area contributed by atoms with Gasteiger partial charge in [0, 0.05) is 23.4 Å². The molecule has 0 atom stereocenters. The van der Waals surface area contributed by atoms with Crippen LogP contribution in [0.25, 0.3) is 0 Å². The molecule has 1 aromatic heterocycles. The van der Waals surface area contributed by atoms with Crippen molar-refractivity contribution in [1.29, 1.82) is 0 Å². The van der Waals surface area contributed by atoms with E-state index in [2.05, 4.69) is 10.4 Å². The molecule has 1 N–H and O–H groups in total. The molecule has 0 saturated heterocycles. The number of nitrogens with one attached hydrogen (secondary N) is 1. The third kappa shape index (κ3) is 3.46. The Morgan fingerprint density at radius 2 is 1.92 bits per heavy atom. The van der Waals surface area contributed by atoms with Gasteiger partial charge in [-0.2, -0.15) is 5.10 Å². The van der Waals surface area contributed by atoms with Crippen LogP contribution in [0.2, 0.25) is 0 Å². The molecule has 1 amide bonds. The maximum Gasteiger partial charge on any atom is 0.257 e. The number of hydrogen-bond donors (Lipinski definition) is 1. The summed E-state index contributed by atoms with van der Waals surface area (Å²) in [6, 6.07) is 17.2. The molecular weight excluding hydrogens is 302 g/mol. The Morgan fingerprint density at radius 1 is 1.12 bits per heavy atom. The van der Waals surface area contributed by atoms with Crippen LogP contribution >= 0.6 is 0 Å². The van der Waals surface area contributed by atoms with E-state index in [1.54, 1.807) is 30.0 Å². The van der Waals surface area contributed by atoms with Gasteiger partial charge in [0.1, 0.15) is 5.75 Å². The van der Waals surface area contributed by atoms with E-state index in [0.29, 0.717) is 23.7 Å². The van der Waals surface area contributed by atoms with Gasteiger partial charge in [0.2, 0.25) is 0 Å². The Morgan fingerprint density at radius 3 is 2.67 bits per heavy atom. The van der Waals surface area contributed by atoms with Gasteiger partial charge in [-0.05, 0) is 24.6 Å². The SMILES string of the molecule is COc1cccc(C(=O)Nc2ccn(Cc3ccccc3)n2)c1C. The number of anilines is 1. The first-order valence-electron chi connectivity index (χ1n) is 7.69. The van der Waals surface area contributed by atoms with Crippen LogP contribution in [0.5, 0.6) is 5.75 Å². The van der Waals surface area contributed by atoms with Crippen LogP contribution in [-0.4, -0.2) is 22.8 Å². The van der Waals surface area contributed by atoms with E-state index < -0.39 is 0 Å². The Balaban J connectivity index is 1.72. The highest BCUT2D eigenvalue weighted by atomic mass is 16.5. The third-order valence-corrected chi connectivity index (χ3v) is 3.82. The van der Waals surface area contributed by atoms with Gasteiger partial charge in [0.15, 0.2) is 5.82 Å². The average molecular weight is 321 g/mol. The Bertz CT molecular complexity index is 841. The molecule has 0 saturated carbocycles. The van der Waals surface area contributed by atoms with E-state index in [1.807, 2.05) is 49.5 Å². The van der Waals surface area contributed by atoms with Gasteiger partial charge in [-0.1, -0.05) is 36.4 Å². The monoisotopic (exact) mass is 321 g/mol. The Hall–Kier alpha value is -3.08. The molecule has 0 bridgehead atoms. The molecule has 24 heavy (non-hydrogen) atoms. The molecule has 0 radical (unpaired) electrons. The first-order chi connectivity index (χ1) is 11.7. The summed E-state index contributed by atoms with van der Waals surface area (Å²) in [6.45, 7) is 2.52. The zero-order valence-electron chi connectivity index (χ0n) is 13.7. The molecule has 5 heteroatoms. The minimum absolute atomic E-state index is 0.198. The van der Waals surface area contributed by atoms with Crippen LogP contribution < -0.4 is 10.1 Å². The van der Waals surface area contributed by atoms with E-state index in [-0.39, 0.29) is 5.91 Å². The highest BCUT2D eigenvalue weighted by Crippen LogP contribution is 2.21. The summed E-state index contributed by atoms with van der Waals surface area (Å²) in [6.07, 6.45) is 1.85. The van der Waals surface area contributed by atoms with Gasteiger partial charge in [0.05, 0.1) is 13.7 Å². The minimum atomic E-state index is -0.198. The van der Waals surface area contributed by atoms with E-state index in [0.717, 1.165) is 11.1 Å². The highest BCUT2D eigenvalue weighted by molar-refractivity contribution is 6.05. The predicted octanol–water partition coefficient (Wildman–Crippen LogP) is 3.50. The lowest BCUT2D eigenvalue weighted by Gasteiger charge is -2.09. The van der Waals surface area contributed by atoms with Crippen molar-refractivity contribution >= 4 is 11.7 Å². The molecule has 0 spiro atoms. The van der Waals surface area contributed by atoms with Crippen molar-refractivity contribution in [3.63, 3.8) is 0 Å². The lowest BCUT2D eigenvalue weighted by atomic mass is 10.1. The van der Waals surface area contributed by atoms with E-state index in [1.165, 1.54) is 0 Å². The standard InChI is InChI=1S/C19H19N3O2/c1-14-16(9-6-10-17(14)24-2)19(23)20-18-11-12-22(21-18)13-15-7-4-3-5-8-15/h3-12H,13H2,1-2H3,(H,20,21,23). The molecule has 0 aliphatic rings. The second-order valence-electron chi connectivity index (χ2n) is 5.47. The first-order valence-corrected chi connectivity index (χ1v) is 7.69. The van der Waals surface area contributed by atoms with E-state index in [4.69, 9.17) is 4.74 Å². The van der Waals surface area contributed by atoms with Crippen LogP contribution in [-0.2, 0) is 6.54 Å². The number of carbonyl (C=O) groups excluding carboxylic acids is 1. The topological polar surface area (TPSA) is 56.1 Å². The van der Waals surface area contributed by atoms with Gasteiger partial charge >= 0.3 is 0 Å². The zero-order valence-corrected chi connectivity index (χ0v) is 13.7. The summed E-state index contributed by atoms with van der Waals surface area (Å²) < 4.78 is 7.05. The van der Waals surface area contributed by atoms with Crippen molar-refractivity contribution < 1.29 is 9.53 Å². The fourth-order valence-corrected chi connectivity index (χ4v) is 2.55. The fraction of sp³-hybridized carbons (Fsp3) is 0.158. The summed E-state index contributed by atoms with van der Waals surface area (Å²) in [5.74, 6) is 1.02. The predicted molar refractivity (Wildman–Crippen MR) is 93.5 cm³/mol. The van der Waals surface area contributed by atoms with Crippen LogP contribution in [0, 0.1) is 6.92 Å². The molecule has 0 fully saturated rings. The number of benzene rings is 2. The summed E-state index contributed by atoms with van der Waals surface area (Å²) in [5, 5.41) is 7.23. The number of hydrogen-bond acceptors (Lipinski definition) is 3. The van der Waals surface area contributed by atoms with Crippen LogP contribution in [0.1, 0.15) is 21.5 Å². The van der Waals surface area contributed by atoms with E-state index in [9.17, 15) is 4.79 Å². The van der Waals surface area contributed by atoms with Crippen molar-refractivity contribution in [3.05, 3.63) is 77.5 Å². The summed E-state index contributed by atoms with van der Waals surface area (Å²) in [5.41, 5.74) is 2.54. The largest absolute Gasteiger partial charge is 0.496 e. The zero-order chi connectivity index (χ0) is 16.9. The molecule has 0 aliphatic heterocycles. The molecule has 2 aromatic carbocycles. The molecule has 3 rings (SSSR count). The van der Waals surface area contributed by atoms with Crippen molar-refractivity contribution in [3.8, 4) is 5.75 Å². The van der Waals surface area contributed by atoms with Crippen LogP contribution in [0.3, 0.4) is 0 Å². The Kier molecular flexibility index (Phi) is 4.61. The van der Waals surface area contributed by atoms with Crippen LogP contribution in [0.15, 0.2) is 60.8 Å². The minimum Gasteiger partial charge on any atom is -0.496 e. The number of carbonyl (C=O) groups is 1. The molecule has 0 unspecified atom stereocenters. The summed E-state index contributed by atoms with van der Waals surface area (Å²) >= 11 is 0. The molecule has 5 nitrogen and oxygen atoms in total. The Labute approximate surface area is 140 Å². The number of ether oxygens (including phenoxy) is 1. The van der Waals surface area contributed by atoms with Gasteiger partial charge in [0.25, 0.3) is 5.91 Å². The quantitative estimate of drug-likeness (QED) is 0.782. The average Bonchev–Trinajstić information content (AvgIpc) is 3.02. The number of amides is 1. The summed E-state index contributed by atoms with van der Waals surface area (Å²) in [7, 11) is 1.59. The molecule has 122 valence electrons. The first kappa shape index (κ1) is 15.8. The normalized spacial score (nSPS) is 10.4.